The molecule has 11 aromatic carbocycles. The van der Waals surface area contributed by atoms with Gasteiger partial charge in [-0.05, 0) is 144 Å². The minimum absolute atomic E-state index is 1.22. The average Bonchev–Trinajstić information content (AvgIpc) is 3.51. The van der Waals surface area contributed by atoms with Crippen LogP contribution >= 0.6 is 0 Å². The molecule has 1 aliphatic rings. The van der Waals surface area contributed by atoms with Crippen LogP contribution in [0.15, 0.2) is 206 Å². The van der Waals surface area contributed by atoms with Crippen LogP contribution in [0, 0.1) is 0 Å². The number of rotatable bonds is 4. The summed E-state index contributed by atoms with van der Waals surface area (Å²) in [5.41, 5.74) is 12.9. The zero-order valence-electron chi connectivity index (χ0n) is 33.1. The van der Waals surface area contributed by atoms with Crippen LogP contribution in [0.2, 0.25) is 13.1 Å². The smallest absolute Gasteiger partial charge is 0.0623 e. The number of benzene rings is 11. The first-order chi connectivity index (χ1) is 29.0. The highest BCUT2D eigenvalue weighted by Crippen LogP contribution is 2.48. The second kappa shape index (κ2) is 13.0. The molecular formula is C58H40Si. The summed E-state index contributed by atoms with van der Waals surface area (Å²) in [6.45, 7) is 5.07. The Balaban J connectivity index is 1.23. The van der Waals surface area contributed by atoms with Gasteiger partial charge in [0.2, 0.25) is 0 Å². The maximum Gasteiger partial charge on any atom is 0.113 e. The third kappa shape index (κ3) is 5.22. The zero-order valence-corrected chi connectivity index (χ0v) is 34.1. The normalized spacial score (nSPS) is 13.1. The summed E-state index contributed by atoms with van der Waals surface area (Å²) >= 11 is 0. The van der Waals surface area contributed by atoms with Crippen LogP contribution in [0.3, 0.4) is 0 Å². The van der Waals surface area contributed by atoms with Gasteiger partial charge in [-0.1, -0.05) is 195 Å². The van der Waals surface area contributed by atoms with Crippen molar-refractivity contribution in [2.75, 3.05) is 0 Å². The van der Waals surface area contributed by atoms with Crippen molar-refractivity contribution in [3.63, 3.8) is 0 Å². The summed E-state index contributed by atoms with van der Waals surface area (Å²) in [6.07, 6.45) is 0. The second-order valence-corrected chi connectivity index (χ2v) is 21.1. The van der Waals surface area contributed by atoms with Crippen LogP contribution in [0.25, 0.3) is 109 Å². The van der Waals surface area contributed by atoms with Gasteiger partial charge in [-0.3, -0.25) is 0 Å². The first-order valence-corrected chi connectivity index (χ1v) is 23.7. The summed E-state index contributed by atoms with van der Waals surface area (Å²) in [5.74, 6) is 0. The molecule has 0 spiro atoms. The minimum atomic E-state index is -2.00. The van der Waals surface area contributed by atoms with E-state index in [1.165, 1.54) is 120 Å². The Hall–Kier alpha value is -7.06. The van der Waals surface area contributed by atoms with E-state index in [0.29, 0.717) is 0 Å². The van der Waals surface area contributed by atoms with Crippen molar-refractivity contribution in [2.24, 2.45) is 0 Å². The standard InChI is InChI=1S/C58H40Si/c1-59(2)55-25-12-11-23-49(55)51-35-53-54(36-56(51)59)58(44-29-27-38-15-4-6-18-41(38)33-44)52-34-42(30-31-50(52)57(53)43-28-26-37-14-3-5-17-40(37)32-43)46-21-9-10-22-47(46)48-24-13-19-39-16-7-8-20-45(39)48/h3-36H,1-2H3. The topological polar surface area (TPSA) is 0 Å². The molecule has 1 aliphatic heterocycles. The van der Waals surface area contributed by atoms with Gasteiger partial charge in [0, 0.05) is 0 Å². The Labute approximate surface area is 345 Å². The summed E-state index contributed by atoms with van der Waals surface area (Å²) in [7, 11) is -2.00. The molecule has 0 atom stereocenters. The molecule has 0 saturated carbocycles. The van der Waals surface area contributed by atoms with Crippen molar-refractivity contribution in [3.8, 4) is 55.6 Å². The van der Waals surface area contributed by atoms with E-state index in [1.54, 1.807) is 0 Å². The Morgan fingerprint density at radius 2 is 0.763 bits per heavy atom. The fraction of sp³-hybridized carbons (Fsp3) is 0.0345. The van der Waals surface area contributed by atoms with Crippen LogP contribution in [0.5, 0.6) is 0 Å². The monoisotopic (exact) mass is 764 g/mol. The Morgan fingerprint density at radius 3 is 1.49 bits per heavy atom. The van der Waals surface area contributed by atoms with E-state index < -0.39 is 8.07 Å². The summed E-state index contributed by atoms with van der Waals surface area (Å²) in [5, 5.41) is 15.8. The van der Waals surface area contributed by atoms with Gasteiger partial charge in [-0.15, -0.1) is 0 Å². The Morgan fingerprint density at radius 1 is 0.254 bits per heavy atom. The van der Waals surface area contributed by atoms with E-state index in [0.717, 1.165) is 0 Å². The molecule has 0 aromatic heterocycles. The highest BCUT2D eigenvalue weighted by atomic mass is 28.3. The first-order valence-electron chi connectivity index (χ1n) is 20.7. The van der Waals surface area contributed by atoms with E-state index >= 15 is 0 Å². The quantitative estimate of drug-likeness (QED) is 0.124. The fourth-order valence-corrected chi connectivity index (χ4v) is 13.4. The minimum Gasteiger partial charge on any atom is -0.0623 e. The number of hydrogen-bond acceptors (Lipinski definition) is 0. The lowest BCUT2D eigenvalue weighted by Gasteiger charge is -2.23. The van der Waals surface area contributed by atoms with Gasteiger partial charge in [0.25, 0.3) is 0 Å². The van der Waals surface area contributed by atoms with Gasteiger partial charge in [-0.25, -0.2) is 0 Å². The van der Waals surface area contributed by atoms with Gasteiger partial charge >= 0.3 is 0 Å². The predicted octanol–water partition coefficient (Wildman–Crippen LogP) is 14.9. The van der Waals surface area contributed by atoms with Crippen LogP contribution in [0.1, 0.15) is 0 Å². The Bertz CT molecular complexity index is 3530. The van der Waals surface area contributed by atoms with Crippen LogP contribution in [0.4, 0.5) is 0 Å². The molecule has 0 saturated heterocycles. The van der Waals surface area contributed by atoms with Crippen molar-refractivity contribution < 1.29 is 0 Å². The van der Waals surface area contributed by atoms with Gasteiger partial charge < -0.3 is 0 Å². The van der Waals surface area contributed by atoms with Crippen molar-refractivity contribution >= 4 is 72.3 Å². The lowest BCUT2D eigenvalue weighted by Crippen LogP contribution is -2.49. The highest BCUT2D eigenvalue weighted by Gasteiger charge is 2.38. The van der Waals surface area contributed by atoms with Crippen LogP contribution in [-0.4, -0.2) is 8.07 Å². The molecule has 0 N–H and O–H groups in total. The van der Waals surface area contributed by atoms with Crippen molar-refractivity contribution in [3.05, 3.63) is 206 Å². The largest absolute Gasteiger partial charge is 0.113 e. The lowest BCUT2D eigenvalue weighted by atomic mass is 9.82. The molecule has 0 radical (unpaired) electrons. The SMILES string of the molecule is C[Si]1(C)c2ccccc2-c2cc3c(-c4ccc5ccccc5c4)c4ccc(-c5ccccc5-c5cccc6ccccc56)cc4c(-c4ccc5ccccc5c4)c3cc21. The molecule has 0 bridgehead atoms. The number of fused-ring (bicyclic) bond motifs is 8. The van der Waals surface area contributed by atoms with E-state index in [4.69, 9.17) is 0 Å². The highest BCUT2D eigenvalue weighted by molar-refractivity contribution is 7.04. The third-order valence-corrected chi connectivity index (χ3v) is 16.8. The summed E-state index contributed by atoms with van der Waals surface area (Å²) < 4.78 is 0. The van der Waals surface area contributed by atoms with E-state index in [2.05, 4.69) is 219 Å². The molecule has 0 amide bonds. The summed E-state index contributed by atoms with van der Waals surface area (Å²) in [6, 6.07) is 77.7. The molecule has 59 heavy (non-hydrogen) atoms. The first kappa shape index (κ1) is 34.0. The third-order valence-electron chi connectivity index (χ3n) is 13.2. The zero-order chi connectivity index (χ0) is 39.2. The molecule has 1 heteroatoms. The van der Waals surface area contributed by atoms with E-state index in [9.17, 15) is 0 Å². The predicted molar refractivity (Wildman–Crippen MR) is 258 cm³/mol. The van der Waals surface area contributed by atoms with Crippen LogP contribution in [-0.2, 0) is 0 Å². The van der Waals surface area contributed by atoms with Gasteiger partial charge in [0.15, 0.2) is 0 Å². The molecule has 11 aromatic rings. The lowest BCUT2D eigenvalue weighted by molar-refractivity contribution is 1.61. The van der Waals surface area contributed by atoms with Crippen LogP contribution < -0.4 is 10.4 Å². The molecule has 0 unspecified atom stereocenters. The molecule has 1 heterocycles. The Kier molecular flexibility index (Phi) is 7.48. The molecule has 12 rings (SSSR count). The second-order valence-electron chi connectivity index (χ2n) is 16.8. The summed E-state index contributed by atoms with van der Waals surface area (Å²) in [4.78, 5) is 0. The fourth-order valence-electron chi connectivity index (χ4n) is 10.3. The van der Waals surface area contributed by atoms with Crippen molar-refractivity contribution in [1.29, 1.82) is 0 Å². The molecule has 0 nitrogen and oxygen atoms in total. The molecule has 276 valence electrons. The van der Waals surface area contributed by atoms with Gasteiger partial charge in [0.05, 0.1) is 0 Å². The molecule has 0 aliphatic carbocycles. The average molecular weight is 765 g/mol. The maximum atomic E-state index is 2.61. The van der Waals surface area contributed by atoms with Gasteiger partial charge in [-0.2, -0.15) is 0 Å². The van der Waals surface area contributed by atoms with E-state index in [1.807, 2.05) is 0 Å². The van der Waals surface area contributed by atoms with Crippen molar-refractivity contribution in [2.45, 2.75) is 13.1 Å². The van der Waals surface area contributed by atoms with Gasteiger partial charge in [0.1, 0.15) is 8.07 Å². The number of hydrogen-bond donors (Lipinski definition) is 0. The maximum absolute atomic E-state index is 2.61. The molecule has 0 fully saturated rings. The molecular weight excluding hydrogens is 725 g/mol. The van der Waals surface area contributed by atoms with Crippen molar-refractivity contribution in [1.82, 2.24) is 0 Å². The van der Waals surface area contributed by atoms with E-state index in [-0.39, 0.29) is 0 Å².